The minimum absolute atomic E-state index is 0.0127. The average Bonchev–Trinajstić information content (AvgIpc) is 3.23. The van der Waals surface area contributed by atoms with Gasteiger partial charge in [0.05, 0.1) is 29.3 Å². The quantitative estimate of drug-likeness (QED) is 0.408. The van der Waals surface area contributed by atoms with Gasteiger partial charge < -0.3 is 9.30 Å². The predicted molar refractivity (Wildman–Crippen MR) is 114 cm³/mol. The van der Waals surface area contributed by atoms with Gasteiger partial charge in [0.1, 0.15) is 11.9 Å². The van der Waals surface area contributed by atoms with Gasteiger partial charge in [0.15, 0.2) is 14.9 Å². The summed E-state index contributed by atoms with van der Waals surface area (Å²) in [7, 11) is -3.52. The number of ether oxygens (including phenoxy) is 1. The van der Waals surface area contributed by atoms with Gasteiger partial charge in [0, 0.05) is 41.7 Å². The molecule has 0 spiro atoms. The van der Waals surface area contributed by atoms with Gasteiger partial charge in [-0.2, -0.15) is 5.10 Å². The van der Waals surface area contributed by atoms with Crippen molar-refractivity contribution in [1.82, 2.24) is 24.3 Å². The highest BCUT2D eigenvalue weighted by Crippen LogP contribution is 2.38. The van der Waals surface area contributed by atoms with Crippen LogP contribution in [0.5, 0.6) is 0 Å². The number of fused-ring (bicyclic) bond motifs is 2. The number of rotatable bonds is 6. The lowest BCUT2D eigenvalue weighted by molar-refractivity contribution is -0.139. The minimum Gasteiger partial charge on any atom is -0.464 e. The van der Waals surface area contributed by atoms with E-state index in [1.807, 2.05) is 6.07 Å². The van der Waals surface area contributed by atoms with Crippen LogP contribution in [0.1, 0.15) is 24.7 Å². The molecule has 160 valence electrons. The second kappa shape index (κ2) is 7.31. The van der Waals surface area contributed by atoms with Gasteiger partial charge in [-0.25, -0.2) is 13.4 Å². The fourth-order valence-electron chi connectivity index (χ4n) is 4.10. The van der Waals surface area contributed by atoms with E-state index >= 15 is 0 Å². The normalized spacial score (nSPS) is 18.9. The summed E-state index contributed by atoms with van der Waals surface area (Å²) in [5.41, 5.74) is 2.25. The molecule has 5 rings (SSSR count). The zero-order valence-electron chi connectivity index (χ0n) is 16.5. The summed E-state index contributed by atoms with van der Waals surface area (Å²) < 4.78 is 33.3. The minimum atomic E-state index is -3.52. The van der Waals surface area contributed by atoms with E-state index in [1.165, 1.54) is 0 Å². The number of nitrogens with zero attached hydrogens (tertiary/aromatic N) is 5. The SMILES string of the molecule is CS(=O)(=O)c1nn(Cc2nc3cc(Cl)ccc3n2C2CC(OC=O)C2)c2cnccc12. The predicted octanol–water partition coefficient (Wildman–Crippen LogP) is 2.76. The Balaban J connectivity index is 1.62. The number of sulfone groups is 1. The number of benzene rings is 1. The maximum Gasteiger partial charge on any atom is 0.293 e. The number of hydrogen-bond donors (Lipinski definition) is 0. The van der Waals surface area contributed by atoms with E-state index in [0.717, 1.165) is 17.3 Å². The number of pyridine rings is 1. The maximum absolute atomic E-state index is 12.2. The summed E-state index contributed by atoms with van der Waals surface area (Å²) in [6, 6.07) is 7.25. The Morgan fingerprint density at radius 1 is 1.26 bits per heavy atom. The molecule has 0 unspecified atom stereocenters. The van der Waals surface area contributed by atoms with Crippen molar-refractivity contribution in [3.8, 4) is 0 Å². The molecule has 9 nitrogen and oxygen atoms in total. The molecule has 1 fully saturated rings. The van der Waals surface area contributed by atoms with Crippen molar-refractivity contribution in [2.75, 3.05) is 6.26 Å². The molecule has 1 aromatic carbocycles. The average molecular weight is 460 g/mol. The third kappa shape index (κ3) is 3.45. The lowest BCUT2D eigenvalue weighted by Crippen LogP contribution is -2.34. The molecule has 4 aromatic rings. The lowest BCUT2D eigenvalue weighted by Gasteiger charge is -2.35. The molecule has 0 bridgehead atoms. The van der Waals surface area contributed by atoms with Crippen LogP contribution in [-0.4, -0.2) is 51.6 Å². The second-order valence-electron chi connectivity index (χ2n) is 7.64. The summed E-state index contributed by atoms with van der Waals surface area (Å²) in [5.74, 6) is 0.708. The molecule has 1 saturated carbocycles. The number of carbonyl (C=O) groups is 1. The molecule has 0 N–H and O–H groups in total. The van der Waals surface area contributed by atoms with Crippen LogP contribution in [0.25, 0.3) is 21.9 Å². The molecule has 11 heteroatoms. The smallest absolute Gasteiger partial charge is 0.293 e. The highest BCUT2D eigenvalue weighted by Gasteiger charge is 2.34. The van der Waals surface area contributed by atoms with Crippen LogP contribution in [0.4, 0.5) is 0 Å². The van der Waals surface area contributed by atoms with Crippen LogP contribution >= 0.6 is 11.6 Å². The first kappa shape index (κ1) is 20.0. The summed E-state index contributed by atoms with van der Waals surface area (Å²) in [5, 5.41) is 5.48. The Morgan fingerprint density at radius 3 is 2.81 bits per heavy atom. The zero-order chi connectivity index (χ0) is 21.8. The Hall–Kier alpha value is -2.98. The monoisotopic (exact) mass is 459 g/mol. The summed E-state index contributed by atoms with van der Waals surface area (Å²) >= 11 is 6.16. The second-order valence-corrected chi connectivity index (χ2v) is 10.0. The van der Waals surface area contributed by atoms with Crippen molar-refractivity contribution in [1.29, 1.82) is 0 Å². The van der Waals surface area contributed by atoms with Crippen LogP contribution in [0.15, 0.2) is 41.7 Å². The van der Waals surface area contributed by atoms with Gasteiger partial charge in [-0.1, -0.05) is 11.6 Å². The molecule has 0 amide bonds. The molecule has 31 heavy (non-hydrogen) atoms. The Bertz CT molecular complexity index is 1420. The standard InChI is InChI=1S/C20H18ClN5O4S/c1-31(28,29)20-15-4-5-22-9-18(15)25(24-20)10-19-23-16-6-12(21)2-3-17(16)26(19)13-7-14(8-13)30-11-27/h2-6,9,11,13-14H,7-8,10H2,1H3. The Labute approximate surface area is 182 Å². The van der Waals surface area contributed by atoms with Crippen molar-refractivity contribution >= 4 is 49.8 Å². The third-order valence-electron chi connectivity index (χ3n) is 5.57. The van der Waals surface area contributed by atoms with Crippen LogP contribution in [-0.2, 0) is 25.9 Å². The van der Waals surface area contributed by atoms with Crippen molar-refractivity contribution in [3.05, 3.63) is 47.5 Å². The highest BCUT2D eigenvalue weighted by atomic mass is 35.5. The first-order chi connectivity index (χ1) is 14.8. The van der Waals surface area contributed by atoms with E-state index in [4.69, 9.17) is 21.3 Å². The van der Waals surface area contributed by atoms with Crippen LogP contribution in [0, 0.1) is 0 Å². The van der Waals surface area contributed by atoms with Crippen molar-refractivity contribution in [2.45, 2.75) is 36.6 Å². The number of halogens is 1. The topological polar surface area (TPSA) is 109 Å². The van der Waals surface area contributed by atoms with Gasteiger partial charge >= 0.3 is 0 Å². The maximum atomic E-state index is 12.2. The molecular weight excluding hydrogens is 442 g/mol. The van der Waals surface area contributed by atoms with E-state index in [-0.39, 0.29) is 23.7 Å². The van der Waals surface area contributed by atoms with Gasteiger partial charge in [0.2, 0.25) is 0 Å². The lowest BCUT2D eigenvalue weighted by atomic mass is 9.88. The molecule has 3 aromatic heterocycles. The fraction of sp³-hybridized carbons (Fsp3) is 0.300. The Kier molecular flexibility index (Phi) is 4.71. The summed E-state index contributed by atoms with van der Waals surface area (Å²) in [6.45, 7) is 0.725. The van der Waals surface area contributed by atoms with E-state index < -0.39 is 9.84 Å². The van der Waals surface area contributed by atoms with Crippen molar-refractivity contribution < 1.29 is 17.9 Å². The van der Waals surface area contributed by atoms with E-state index in [9.17, 15) is 13.2 Å². The van der Waals surface area contributed by atoms with Gasteiger partial charge in [-0.15, -0.1) is 0 Å². The van der Waals surface area contributed by atoms with E-state index in [2.05, 4.69) is 14.6 Å². The molecule has 1 aliphatic carbocycles. The molecule has 0 atom stereocenters. The zero-order valence-corrected chi connectivity index (χ0v) is 18.0. The fourth-order valence-corrected chi connectivity index (χ4v) is 5.08. The van der Waals surface area contributed by atoms with Crippen LogP contribution in [0.2, 0.25) is 5.02 Å². The number of carbonyl (C=O) groups excluding carboxylic acids is 1. The van der Waals surface area contributed by atoms with Crippen molar-refractivity contribution in [3.63, 3.8) is 0 Å². The first-order valence-corrected chi connectivity index (χ1v) is 11.9. The molecule has 0 aliphatic heterocycles. The Morgan fingerprint density at radius 2 is 2.06 bits per heavy atom. The largest absolute Gasteiger partial charge is 0.464 e. The van der Waals surface area contributed by atoms with E-state index in [1.54, 1.807) is 35.3 Å². The van der Waals surface area contributed by atoms with Crippen LogP contribution in [0.3, 0.4) is 0 Å². The number of hydrogen-bond acceptors (Lipinski definition) is 7. The molecule has 0 radical (unpaired) electrons. The summed E-state index contributed by atoms with van der Waals surface area (Å²) in [6.07, 6.45) is 5.51. The highest BCUT2D eigenvalue weighted by molar-refractivity contribution is 7.90. The summed E-state index contributed by atoms with van der Waals surface area (Å²) in [4.78, 5) is 19.5. The third-order valence-corrected chi connectivity index (χ3v) is 6.81. The van der Waals surface area contributed by atoms with Crippen molar-refractivity contribution in [2.24, 2.45) is 0 Å². The van der Waals surface area contributed by atoms with Gasteiger partial charge in [-0.05, 0) is 24.3 Å². The van der Waals surface area contributed by atoms with Gasteiger partial charge in [0.25, 0.3) is 6.47 Å². The molecule has 1 aliphatic rings. The molecular formula is C20H18ClN5O4S. The number of imidazole rings is 1. The van der Waals surface area contributed by atoms with Crippen LogP contribution < -0.4 is 0 Å². The molecule has 3 heterocycles. The number of aromatic nitrogens is 5. The van der Waals surface area contributed by atoms with Gasteiger partial charge in [-0.3, -0.25) is 14.5 Å². The first-order valence-electron chi connectivity index (χ1n) is 9.61. The molecule has 0 saturated heterocycles. The van der Waals surface area contributed by atoms with E-state index in [0.29, 0.717) is 41.1 Å².